The van der Waals surface area contributed by atoms with Gasteiger partial charge in [-0.2, -0.15) is 38.6 Å². The average Bonchev–Trinajstić information content (AvgIpc) is 3.08. The molecule has 0 amide bonds. The second kappa shape index (κ2) is 22.8. The molecule has 0 atom stereocenters. The van der Waals surface area contributed by atoms with Crippen LogP contribution in [0.2, 0.25) is 50.4 Å². The van der Waals surface area contributed by atoms with E-state index in [0.717, 1.165) is 0 Å². The van der Waals surface area contributed by atoms with E-state index in [1.807, 2.05) is 0 Å². The van der Waals surface area contributed by atoms with E-state index in [1.54, 1.807) is 12.1 Å². The van der Waals surface area contributed by atoms with Gasteiger partial charge in [-0.05, 0) is 0 Å². The number of aromatic nitrogens is 4. The minimum Gasteiger partial charge on any atom is -1.00 e. The molecule has 0 N–H and O–H groups in total. The van der Waals surface area contributed by atoms with Gasteiger partial charge < -0.3 is 12.4 Å². The van der Waals surface area contributed by atoms with Crippen molar-refractivity contribution < 1.29 is 57.6 Å². The molecular weight excluding hydrogens is 911 g/mol. The zero-order valence-electron chi connectivity index (χ0n) is 23.0. The van der Waals surface area contributed by atoms with Crippen molar-refractivity contribution in [2.45, 2.75) is 0 Å². The minimum atomic E-state index is -1.78. The first-order valence-corrected chi connectivity index (χ1v) is 14.5. The normalized spacial score (nSPS) is 9.20. The van der Waals surface area contributed by atoms with Crippen molar-refractivity contribution in [3.63, 3.8) is 0 Å². The van der Waals surface area contributed by atoms with Crippen LogP contribution < -0.4 is 31.3 Å². The maximum absolute atomic E-state index is 12.8. The third kappa shape index (κ3) is 12.6. The summed E-state index contributed by atoms with van der Waals surface area (Å²) in [6.45, 7) is 0. The van der Waals surface area contributed by atoms with Gasteiger partial charge in [0.15, 0.2) is 39.6 Å². The molecule has 26 heteroatoms. The maximum Gasteiger partial charge on any atom is 1.00 e. The SMILES string of the molecule is N#Cc1nc(Cl)c(Cl)c(Cl)c1Cl.N#Cc1nc(F)c(Cl)c(Cl)c1Cl.N#Cc1nc(F)c(Cl)c(Cl)c1F.N#Cc1nc(F)c(F)c(F)c1Cl.[Cl-].[Li+]. The molecule has 8 nitrogen and oxygen atoms in total. The van der Waals surface area contributed by atoms with E-state index in [4.69, 9.17) is 137 Å². The molecule has 0 saturated carbocycles. The molecule has 0 aliphatic heterocycles. The van der Waals surface area contributed by atoms with E-state index in [0.29, 0.717) is 0 Å². The third-order valence-corrected chi connectivity index (χ3v) is 8.46. The molecule has 0 aliphatic carbocycles. The summed E-state index contributed by atoms with van der Waals surface area (Å²) in [5.74, 6) is -8.30. The van der Waals surface area contributed by atoms with Crippen LogP contribution in [0.4, 0.5) is 26.3 Å². The Morgan fingerprint density at radius 2 is 0.700 bits per heavy atom. The van der Waals surface area contributed by atoms with E-state index < -0.39 is 61.8 Å². The van der Waals surface area contributed by atoms with Crippen LogP contribution in [0.3, 0.4) is 0 Å². The second-order valence-corrected chi connectivity index (χ2v) is 11.0. The molecule has 256 valence electrons. The van der Waals surface area contributed by atoms with E-state index in [1.165, 1.54) is 12.1 Å². The van der Waals surface area contributed by atoms with Gasteiger partial charge in [-0.1, -0.05) is 116 Å². The summed E-state index contributed by atoms with van der Waals surface area (Å²) in [6.07, 6.45) is 0. The van der Waals surface area contributed by atoms with Gasteiger partial charge in [-0.15, -0.1) is 0 Å². The number of hydrogen-bond acceptors (Lipinski definition) is 8. The van der Waals surface area contributed by atoms with Crippen molar-refractivity contribution in [1.82, 2.24) is 19.9 Å². The van der Waals surface area contributed by atoms with Crippen molar-refractivity contribution in [2.75, 3.05) is 0 Å². The zero-order chi connectivity index (χ0) is 37.2. The van der Waals surface area contributed by atoms with Crippen molar-refractivity contribution in [1.29, 1.82) is 21.0 Å². The van der Waals surface area contributed by atoms with Gasteiger partial charge in [-0.25, -0.2) is 28.7 Å². The Morgan fingerprint density at radius 3 is 1.14 bits per heavy atom. The first kappa shape index (κ1) is 50.0. The van der Waals surface area contributed by atoms with Crippen LogP contribution in [0, 0.1) is 80.6 Å². The summed E-state index contributed by atoms with van der Waals surface area (Å²) < 4.78 is 75.1. The fraction of sp³-hybridized carbons (Fsp3) is 0. The van der Waals surface area contributed by atoms with Crippen molar-refractivity contribution >= 4 is 116 Å². The monoisotopic (exact) mass is 906 g/mol. The summed E-state index contributed by atoms with van der Waals surface area (Å²) in [5, 5.41) is 30.7. The minimum absolute atomic E-state index is 0. The Morgan fingerprint density at radius 1 is 0.360 bits per heavy atom. The maximum atomic E-state index is 12.8. The van der Waals surface area contributed by atoms with Crippen LogP contribution in [0.25, 0.3) is 0 Å². The van der Waals surface area contributed by atoms with Crippen LogP contribution in [0.15, 0.2) is 0 Å². The van der Waals surface area contributed by atoms with Gasteiger partial charge >= 0.3 is 18.9 Å². The van der Waals surface area contributed by atoms with Crippen LogP contribution in [0.1, 0.15) is 22.8 Å². The van der Waals surface area contributed by atoms with Crippen LogP contribution >= 0.6 is 116 Å². The molecular formula is C24Cl11F6LiN8. The number of halogens is 17. The predicted molar refractivity (Wildman–Crippen MR) is 166 cm³/mol. The summed E-state index contributed by atoms with van der Waals surface area (Å²) in [6, 6.07) is 5.96. The quantitative estimate of drug-likeness (QED) is 0.133. The number of nitrogens with zero attached hydrogens (tertiary/aromatic N) is 8. The Balaban J connectivity index is 0. The molecule has 0 spiro atoms. The smallest absolute Gasteiger partial charge is 1.00 e. The molecule has 0 aromatic carbocycles. The first-order valence-electron chi connectivity index (χ1n) is 10.7. The standard InChI is InChI=1S/C6Cl4N2.C6Cl3FN2.C6Cl2F2N2.C6ClF3N2.ClH.Li/c2*7-3-2(1-11)12-6(10)5(9)4(3)8;7-3-4(8)6(10)12-2(1-11)5(3)9;7-3-2(1-11)12-6(10)5(9)4(3)8;;/h;;;;1H;/q;;;;;+1/p-1. The Hall–Kier alpha value is -2.07. The molecule has 0 unspecified atom stereocenters. The predicted octanol–water partition coefficient (Wildman–Crippen LogP) is 5.19. The molecule has 0 aliphatic rings. The van der Waals surface area contributed by atoms with E-state index in [2.05, 4.69) is 19.9 Å². The van der Waals surface area contributed by atoms with Crippen LogP contribution in [-0.2, 0) is 0 Å². The summed E-state index contributed by atoms with van der Waals surface area (Å²) >= 11 is 54.2. The number of rotatable bonds is 0. The Bertz CT molecular complexity index is 1790. The van der Waals surface area contributed by atoms with E-state index in [-0.39, 0.29) is 77.9 Å². The Labute approximate surface area is 344 Å². The van der Waals surface area contributed by atoms with Crippen LogP contribution in [0.5, 0.6) is 0 Å². The molecule has 0 fully saturated rings. The number of hydrogen-bond donors (Lipinski definition) is 0. The molecule has 4 heterocycles. The second-order valence-electron chi connectivity index (χ2n) is 7.22. The molecule has 50 heavy (non-hydrogen) atoms. The topological polar surface area (TPSA) is 147 Å². The molecule has 4 aromatic rings. The van der Waals surface area contributed by atoms with Gasteiger partial charge in [-0.3, -0.25) is 0 Å². The fourth-order valence-corrected chi connectivity index (χ4v) is 4.01. The Kier molecular flexibility index (Phi) is 22.8. The van der Waals surface area contributed by atoms with Crippen molar-refractivity contribution in [2.24, 2.45) is 0 Å². The molecule has 0 saturated heterocycles. The molecule has 0 bridgehead atoms. The van der Waals surface area contributed by atoms with Gasteiger partial charge in [0.1, 0.15) is 44.4 Å². The third-order valence-electron chi connectivity index (χ3n) is 4.36. The van der Waals surface area contributed by atoms with Crippen molar-refractivity contribution in [3.8, 4) is 24.3 Å². The average molecular weight is 911 g/mol. The largest absolute Gasteiger partial charge is 1.00 e. The summed E-state index contributed by atoms with van der Waals surface area (Å²) in [5.41, 5.74) is -1.69. The number of pyridine rings is 4. The summed E-state index contributed by atoms with van der Waals surface area (Å²) in [7, 11) is 0. The van der Waals surface area contributed by atoms with Crippen molar-refractivity contribution in [3.05, 3.63) is 108 Å². The molecule has 0 radical (unpaired) electrons. The fourth-order valence-electron chi connectivity index (χ4n) is 2.25. The van der Waals surface area contributed by atoms with Gasteiger partial charge in [0, 0.05) is 0 Å². The first-order chi connectivity index (χ1) is 22.3. The number of nitriles is 4. The van der Waals surface area contributed by atoms with E-state index in [9.17, 15) is 26.3 Å². The molecule has 4 rings (SSSR count). The van der Waals surface area contributed by atoms with Crippen LogP contribution in [-0.4, -0.2) is 19.9 Å². The van der Waals surface area contributed by atoms with E-state index >= 15 is 0 Å². The van der Waals surface area contributed by atoms with Gasteiger partial charge in [0.25, 0.3) is 5.95 Å². The molecule has 4 aromatic heterocycles. The van der Waals surface area contributed by atoms with Gasteiger partial charge in [0.2, 0.25) is 17.7 Å². The zero-order valence-corrected chi connectivity index (χ0v) is 31.3. The summed E-state index contributed by atoms with van der Waals surface area (Å²) in [4.78, 5) is 12.5. The van der Waals surface area contributed by atoms with Gasteiger partial charge in [0.05, 0.1) is 25.1 Å².